The molecule has 2 N–H and O–H groups in total. The second-order valence-electron chi connectivity index (χ2n) is 6.53. The van der Waals surface area contributed by atoms with Crippen LogP contribution < -0.4 is 15.4 Å². The van der Waals surface area contributed by atoms with Crippen molar-refractivity contribution in [2.24, 2.45) is 0 Å². The molecule has 0 aliphatic rings. The summed E-state index contributed by atoms with van der Waals surface area (Å²) in [6, 6.07) is 5.45. The van der Waals surface area contributed by atoms with Gasteiger partial charge in [-0.2, -0.15) is 0 Å². The molecule has 0 aliphatic carbocycles. The number of likely N-dealkylation sites (N-methyl/N-ethyl adjacent to an activating group) is 1. The Kier molecular flexibility index (Phi) is 9.29. The standard InChI is InChI=1S/C19H30N4O4/c1-6-9-23(13-19(26)22(3)4)12-18(25)20-11-17(24)21-15-10-14(2)7-8-16(15)27-5/h7-8,10H,6,9,11-13H2,1-5H3,(H,20,25)(H,21,24). The second kappa shape index (κ2) is 11.2. The molecule has 0 spiro atoms. The third kappa shape index (κ3) is 8.08. The fraction of sp³-hybridized carbons (Fsp3) is 0.526. The molecule has 3 amide bonds. The van der Waals surface area contributed by atoms with E-state index in [0.29, 0.717) is 18.0 Å². The number of carbonyl (C=O) groups excluding carboxylic acids is 3. The van der Waals surface area contributed by atoms with Crippen molar-refractivity contribution in [3.8, 4) is 5.75 Å². The number of ether oxygens (including phenoxy) is 1. The fourth-order valence-corrected chi connectivity index (χ4v) is 2.41. The molecule has 0 heterocycles. The Morgan fingerprint density at radius 2 is 1.81 bits per heavy atom. The number of anilines is 1. The van der Waals surface area contributed by atoms with Crippen LogP contribution in [0.4, 0.5) is 5.69 Å². The van der Waals surface area contributed by atoms with Gasteiger partial charge in [-0.15, -0.1) is 0 Å². The van der Waals surface area contributed by atoms with Gasteiger partial charge in [0.25, 0.3) is 0 Å². The maximum absolute atomic E-state index is 12.1. The molecule has 0 saturated heterocycles. The normalized spacial score (nSPS) is 10.4. The first-order valence-electron chi connectivity index (χ1n) is 8.90. The number of methoxy groups -OCH3 is 1. The number of nitrogens with one attached hydrogen (secondary N) is 2. The minimum Gasteiger partial charge on any atom is -0.495 e. The molecule has 1 aromatic carbocycles. The molecule has 1 rings (SSSR count). The molecule has 0 atom stereocenters. The Morgan fingerprint density at radius 3 is 2.41 bits per heavy atom. The van der Waals surface area contributed by atoms with Crippen LogP contribution in [0.3, 0.4) is 0 Å². The predicted octanol–water partition coefficient (Wildman–Crippen LogP) is 0.859. The molecule has 0 aliphatic heterocycles. The lowest BCUT2D eigenvalue weighted by atomic mass is 10.2. The zero-order valence-corrected chi connectivity index (χ0v) is 16.8. The van der Waals surface area contributed by atoms with Crippen LogP contribution in [-0.2, 0) is 14.4 Å². The van der Waals surface area contributed by atoms with Gasteiger partial charge in [0, 0.05) is 14.1 Å². The van der Waals surface area contributed by atoms with E-state index in [2.05, 4.69) is 10.6 Å². The van der Waals surface area contributed by atoms with Crippen molar-refractivity contribution >= 4 is 23.4 Å². The van der Waals surface area contributed by atoms with Crippen LogP contribution in [0.25, 0.3) is 0 Å². The lowest BCUT2D eigenvalue weighted by molar-refractivity contribution is -0.131. The molecule has 0 saturated carbocycles. The Morgan fingerprint density at radius 1 is 1.11 bits per heavy atom. The monoisotopic (exact) mass is 378 g/mol. The van der Waals surface area contributed by atoms with Gasteiger partial charge < -0.3 is 20.3 Å². The van der Waals surface area contributed by atoms with Gasteiger partial charge in [-0.3, -0.25) is 19.3 Å². The molecule has 0 radical (unpaired) electrons. The third-order valence-corrected chi connectivity index (χ3v) is 3.84. The van der Waals surface area contributed by atoms with Gasteiger partial charge >= 0.3 is 0 Å². The molecule has 0 aromatic heterocycles. The number of carbonyl (C=O) groups is 3. The summed E-state index contributed by atoms with van der Waals surface area (Å²) in [5.41, 5.74) is 1.54. The number of rotatable bonds is 10. The molecular weight excluding hydrogens is 348 g/mol. The molecule has 0 bridgehead atoms. The first kappa shape index (κ1) is 22.4. The summed E-state index contributed by atoms with van der Waals surface area (Å²) >= 11 is 0. The smallest absolute Gasteiger partial charge is 0.243 e. The van der Waals surface area contributed by atoms with E-state index < -0.39 is 0 Å². The average Bonchev–Trinajstić information content (AvgIpc) is 2.60. The lowest BCUT2D eigenvalue weighted by Gasteiger charge is -2.22. The summed E-state index contributed by atoms with van der Waals surface area (Å²) in [6.07, 6.45) is 0.821. The van der Waals surface area contributed by atoms with E-state index in [1.165, 1.54) is 12.0 Å². The quantitative estimate of drug-likeness (QED) is 0.630. The molecule has 0 fully saturated rings. The molecule has 27 heavy (non-hydrogen) atoms. The van der Waals surface area contributed by atoms with Crippen molar-refractivity contribution in [1.29, 1.82) is 0 Å². The fourth-order valence-electron chi connectivity index (χ4n) is 2.41. The molecule has 8 nitrogen and oxygen atoms in total. The lowest BCUT2D eigenvalue weighted by Crippen LogP contribution is -2.44. The van der Waals surface area contributed by atoms with E-state index in [1.807, 2.05) is 19.9 Å². The van der Waals surface area contributed by atoms with Crippen LogP contribution in [0, 0.1) is 6.92 Å². The maximum Gasteiger partial charge on any atom is 0.243 e. The highest BCUT2D eigenvalue weighted by atomic mass is 16.5. The largest absolute Gasteiger partial charge is 0.495 e. The van der Waals surface area contributed by atoms with Crippen LogP contribution in [0.5, 0.6) is 5.75 Å². The molecule has 150 valence electrons. The highest BCUT2D eigenvalue weighted by molar-refractivity contribution is 5.96. The van der Waals surface area contributed by atoms with Crippen molar-refractivity contribution in [2.75, 3.05) is 52.7 Å². The Bertz CT molecular complexity index is 661. The molecule has 8 heteroatoms. The summed E-state index contributed by atoms with van der Waals surface area (Å²) in [5.74, 6) is -0.169. The van der Waals surface area contributed by atoms with E-state index in [1.54, 1.807) is 31.1 Å². The second-order valence-corrected chi connectivity index (χ2v) is 6.53. The molecule has 0 unspecified atom stereocenters. The predicted molar refractivity (Wildman–Crippen MR) is 105 cm³/mol. The topological polar surface area (TPSA) is 91.0 Å². The Labute approximate surface area is 160 Å². The van der Waals surface area contributed by atoms with E-state index in [-0.39, 0.29) is 37.4 Å². The van der Waals surface area contributed by atoms with Gasteiger partial charge in [0.15, 0.2) is 0 Å². The summed E-state index contributed by atoms with van der Waals surface area (Å²) in [5, 5.41) is 5.32. The van der Waals surface area contributed by atoms with E-state index >= 15 is 0 Å². The van der Waals surface area contributed by atoms with Crippen molar-refractivity contribution in [2.45, 2.75) is 20.3 Å². The van der Waals surface area contributed by atoms with Gasteiger partial charge in [0.1, 0.15) is 5.75 Å². The van der Waals surface area contributed by atoms with Crippen LogP contribution in [-0.4, -0.2) is 74.9 Å². The summed E-state index contributed by atoms with van der Waals surface area (Å²) in [6.45, 7) is 4.59. The highest BCUT2D eigenvalue weighted by Crippen LogP contribution is 2.24. The summed E-state index contributed by atoms with van der Waals surface area (Å²) in [7, 11) is 4.88. The SMILES string of the molecule is CCCN(CC(=O)NCC(=O)Nc1cc(C)ccc1OC)CC(=O)N(C)C. The maximum atomic E-state index is 12.1. The van der Waals surface area contributed by atoms with Crippen molar-refractivity contribution in [1.82, 2.24) is 15.1 Å². The van der Waals surface area contributed by atoms with Crippen molar-refractivity contribution < 1.29 is 19.1 Å². The summed E-state index contributed by atoms with van der Waals surface area (Å²) < 4.78 is 5.22. The van der Waals surface area contributed by atoms with Crippen LogP contribution in [0.1, 0.15) is 18.9 Å². The van der Waals surface area contributed by atoms with Gasteiger partial charge in [-0.25, -0.2) is 0 Å². The number of benzene rings is 1. The zero-order chi connectivity index (χ0) is 20.4. The van der Waals surface area contributed by atoms with E-state index in [9.17, 15) is 14.4 Å². The highest BCUT2D eigenvalue weighted by Gasteiger charge is 2.16. The minimum absolute atomic E-state index is 0.0640. The van der Waals surface area contributed by atoms with Crippen LogP contribution in [0.2, 0.25) is 0 Å². The molecular formula is C19H30N4O4. The van der Waals surface area contributed by atoms with Crippen molar-refractivity contribution in [3.63, 3.8) is 0 Å². The van der Waals surface area contributed by atoms with Crippen molar-refractivity contribution in [3.05, 3.63) is 23.8 Å². The third-order valence-electron chi connectivity index (χ3n) is 3.84. The van der Waals surface area contributed by atoms with Gasteiger partial charge in [-0.05, 0) is 37.6 Å². The van der Waals surface area contributed by atoms with E-state index in [0.717, 1.165) is 12.0 Å². The number of nitrogens with zero attached hydrogens (tertiary/aromatic N) is 2. The first-order chi connectivity index (χ1) is 12.8. The van der Waals surface area contributed by atoms with Gasteiger partial charge in [0.2, 0.25) is 17.7 Å². The zero-order valence-electron chi connectivity index (χ0n) is 16.8. The van der Waals surface area contributed by atoms with Gasteiger partial charge in [-0.1, -0.05) is 13.0 Å². The van der Waals surface area contributed by atoms with Crippen LogP contribution in [0.15, 0.2) is 18.2 Å². The minimum atomic E-state index is -0.348. The van der Waals surface area contributed by atoms with Gasteiger partial charge in [0.05, 0.1) is 32.4 Å². The van der Waals surface area contributed by atoms with Crippen LogP contribution >= 0.6 is 0 Å². The number of hydrogen-bond donors (Lipinski definition) is 2. The number of aryl methyl sites for hydroxylation is 1. The molecule has 1 aromatic rings. The number of hydrogen-bond acceptors (Lipinski definition) is 5. The van der Waals surface area contributed by atoms with E-state index in [4.69, 9.17) is 4.74 Å². The average molecular weight is 378 g/mol. The Balaban J connectivity index is 2.53. The number of amides is 3. The first-order valence-corrected chi connectivity index (χ1v) is 8.90. The summed E-state index contributed by atoms with van der Waals surface area (Å²) in [4.78, 5) is 39.3. The Hall–Kier alpha value is -2.61.